The first kappa shape index (κ1) is 23.9. The molecule has 0 fully saturated rings. The van der Waals surface area contributed by atoms with Gasteiger partial charge in [0.1, 0.15) is 0 Å². The summed E-state index contributed by atoms with van der Waals surface area (Å²) in [5.41, 5.74) is 0.929. The van der Waals surface area contributed by atoms with Gasteiger partial charge in [0, 0.05) is 25.7 Å². The Labute approximate surface area is 179 Å². The lowest BCUT2D eigenvalue weighted by Crippen LogP contribution is -2.36. The SMILES string of the molecule is CN=C(NCc1ccc(C(F)(F)F)cc1)NCc1cccc(OC)c1OC.I. The second-order valence-corrected chi connectivity index (χ2v) is 5.63. The van der Waals surface area contributed by atoms with Crippen molar-refractivity contribution in [3.63, 3.8) is 0 Å². The Bertz CT molecular complexity index is 781. The van der Waals surface area contributed by atoms with E-state index in [-0.39, 0.29) is 24.0 Å². The molecule has 154 valence electrons. The number of hydrogen-bond acceptors (Lipinski definition) is 3. The second-order valence-electron chi connectivity index (χ2n) is 5.63. The van der Waals surface area contributed by atoms with Gasteiger partial charge < -0.3 is 20.1 Å². The molecule has 2 rings (SSSR count). The predicted octanol–water partition coefficient (Wildman–Crippen LogP) is 4.21. The van der Waals surface area contributed by atoms with Gasteiger partial charge in [-0.3, -0.25) is 4.99 Å². The number of alkyl halides is 3. The Morgan fingerprint density at radius 1 is 0.964 bits per heavy atom. The minimum Gasteiger partial charge on any atom is -0.493 e. The quantitative estimate of drug-likeness (QED) is 0.348. The van der Waals surface area contributed by atoms with Gasteiger partial charge in [0.05, 0.1) is 19.8 Å². The van der Waals surface area contributed by atoms with Crippen LogP contribution in [0.1, 0.15) is 16.7 Å². The molecule has 2 aromatic carbocycles. The average Bonchev–Trinajstić information content (AvgIpc) is 2.67. The van der Waals surface area contributed by atoms with Crippen molar-refractivity contribution in [2.45, 2.75) is 19.3 Å². The van der Waals surface area contributed by atoms with E-state index in [9.17, 15) is 13.2 Å². The number of rotatable bonds is 6. The molecule has 0 heterocycles. The van der Waals surface area contributed by atoms with Crippen LogP contribution >= 0.6 is 24.0 Å². The Morgan fingerprint density at radius 2 is 1.61 bits per heavy atom. The largest absolute Gasteiger partial charge is 0.493 e. The zero-order valence-corrected chi connectivity index (χ0v) is 18.1. The number of nitrogens with one attached hydrogen (secondary N) is 2. The molecule has 0 saturated heterocycles. The van der Waals surface area contributed by atoms with Crippen LogP contribution in [0.25, 0.3) is 0 Å². The van der Waals surface area contributed by atoms with E-state index in [2.05, 4.69) is 15.6 Å². The zero-order valence-electron chi connectivity index (χ0n) is 15.8. The zero-order chi connectivity index (χ0) is 19.9. The summed E-state index contributed by atoms with van der Waals surface area (Å²) in [6.45, 7) is 0.778. The molecule has 0 aliphatic heterocycles. The summed E-state index contributed by atoms with van der Waals surface area (Å²) in [7, 11) is 4.75. The second kappa shape index (κ2) is 11.0. The van der Waals surface area contributed by atoms with Crippen LogP contribution in [0.5, 0.6) is 11.5 Å². The molecule has 28 heavy (non-hydrogen) atoms. The molecule has 2 aromatic rings. The molecular formula is C19H23F3IN3O2. The molecule has 0 atom stereocenters. The van der Waals surface area contributed by atoms with E-state index >= 15 is 0 Å². The first-order valence-electron chi connectivity index (χ1n) is 8.19. The Hall–Kier alpha value is -2.17. The van der Waals surface area contributed by atoms with Crippen LogP contribution in [0, 0.1) is 0 Å². The number of ether oxygens (including phenoxy) is 2. The first-order chi connectivity index (χ1) is 12.9. The standard InChI is InChI=1S/C19H22F3N3O2.HI/c1-23-18(24-11-13-7-9-15(10-8-13)19(20,21)22)25-12-14-5-4-6-16(26-2)17(14)27-3;/h4-10H,11-12H2,1-3H3,(H2,23,24,25);1H. The van der Waals surface area contributed by atoms with Crippen molar-refractivity contribution >= 4 is 29.9 Å². The number of guanidine groups is 1. The Morgan fingerprint density at radius 3 is 2.14 bits per heavy atom. The lowest BCUT2D eigenvalue weighted by Gasteiger charge is -2.15. The fourth-order valence-corrected chi connectivity index (χ4v) is 2.49. The maximum atomic E-state index is 12.6. The highest BCUT2D eigenvalue weighted by Crippen LogP contribution is 2.30. The number of hydrogen-bond donors (Lipinski definition) is 2. The van der Waals surface area contributed by atoms with E-state index in [4.69, 9.17) is 9.47 Å². The van der Waals surface area contributed by atoms with Crippen molar-refractivity contribution in [1.82, 2.24) is 10.6 Å². The molecule has 2 N–H and O–H groups in total. The fraction of sp³-hybridized carbons (Fsp3) is 0.316. The van der Waals surface area contributed by atoms with Gasteiger partial charge in [0.2, 0.25) is 0 Å². The van der Waals surface area contributed by atoms with Crippen LogP contribution in [0.15, 0.2) is 47.5 Å². The highest BCUT2D eigenvalue weighted by Gasteiger charge is 2.29. The van der Waals surface area contributed by atoms with Gasteiger partial charge in [0.25, 0.3) is 0 Å². The fourth-order valence-electron chi connectivity index (χ4n) is 2.49. The highest BCUT2D eigenvalue weighted by molar-refractivity contribution is 14.0. The number of halogens is 4. The molecular weight excluding hydrogens is 486 g/mol. The molecule has 0 unspecified atom stereocenters. The van der Waals surface area contributed by atoms with Crippen molar-refractivity contribution in [2.75, 3.05) is 21.3 Å². The smallest absolute Gasteiger partial charge is 0.416 e. The lowest BCUT2D eigenvalue weighted by atomic mass is 10.1. The Kier molecular flexibility index (Phi) is 9.36. The molecule has 0 aliphatic carbocycles. The van der Waals surface area contributed by atoms with Crippen LogP contribution in [0.2, 0.25) is 0 Å². The van der Waals surface area contributed by atoms with Crippen LogP contribution in [0.3, 0.4) is 0 Å². The minimum atomic E-state index is -4.33. The van der Waals surface area contributed by atoms with Crippen LogP contribution < -0.4 is 20.1 Å². The van der Waals surface area contributed by atoms with Crippen molar-refractivity contribution in [1.29, 1.82) is 0 Å². The molecule has 0 bridgehead atoms. The van der Waals surface area contributed by atoms with E-state index in [0.29, 0.717) is 36.1 Å². The van der Waals surface area contributed by atoms with E-state index in [1.54, 1.807) is 27.3 Å². The van der Waals surface area contributed by atoms with Crippen molar-refractivity contribution < 1.29 is 22.6 Å². The molecule has 0 amide bonds. The highest BCUT2D eigenvalue weighted by atomic mass is 127. The minimum absolute atomic E-state index is 0. The normalized spacial score (nSPS) is 11.4. The summed E-state index contributed by atoms with van der Waals surface area (Å²) < 4.78 is 48.5. The maximum absolute atomic E-state index is 12.6. The number of para-hydroxylation sites is 1. The van der Waals surface area contributed by atoms with Gasteiger partial charge >= 0.3 is 6.18 Å². The molecule has 0 aliphatic rings. The average molecular weight is 509 g/mol. The Balaban J connectivity index is 0.00000392. The van der Waals surface area contributed by atoms with Crippen molar-refractivity contribution in [3.05, 3.63) is 59.2 Å². The summed E-state index contributed by atoms with van der Waals surface area (Å²) in [6, 6.07) is 10.6. The van der Waals surface area contributed by atoms with Crippen LogP contribution in [0.4, 0.5) is 13.2 Å². The van der Waals surface area contributed by atoms with Crippen LogP contribution in [-0.4, -0.2) is 27.2 Å². The summed E-state index contributed by atoms with van der Waals surface area (Å²) in [5.74, 6) is 1.77. The van der Waals surface area contributed by atoms with Gasteiger partial charge in [-0.2, -0.15) is 13.2 Å². The van der Waals surface area contributed by atoms with E-state index < -0.39 is 11.7 Å². The van der Waals surface area contributed by atoms with Crippen LogP contribution in [-0.2, 0) is 19.3 Å². The number of aliphatic imine (C=N–C) groups is 1. The number of methoxy groups -OCH3 is 2. The third-order valence-electron chi connectivity index (χ3n) is 3.90. The molecule has 0 saturated carbocycles. The predicted molar refractivity (Wildman–Crippen MR) is 113 cm³/mol. The number of nitrogens with zero attached hydrogens (tertiary/aromatic N) is 1. The van der Waals surface area contributed by atoms with E-state index in [0.717, 1.165) is 17.7 Å². The molecule has 5 nitrogen and oxygen atoms in total. The van der Waals surface area contributed by atoms with Gasteiger partial charge in [-0.05, 0) is 23.8 Å². The van der Waals surface area contributed by atoms with Crippen molar-refractivity contribution in [2.24, 2.45) is 4.99 Å². The maximum Gasteiger partial charge on any atom is 0.416 e. The third kappa shape index (κ3) is 6.47. The molecule has 0 radical (unpaired) electrons. The first-order valence-corrected chi connectivity index (χ1v) is 8.19. The topological polar surface area (TPSA) is 54.9 Å². The van der Waals surface area contributed by atoms with E-state index in [1.165, 1.54) is 12.1 Å². The summed E-state index contributed by atoms with van der Waals surface area (Å²) >= 11 is 0. The molecule has 9 heteroatoms. The third-order valence-corrected chi connectivity index (χ3v) is 3.90. The van der Waals surface area contributed by atoms with Gasteiger partial charge in [0.15, 0.2) is 17.5 Å². The van der Waals surface area contributed by atoms with Gasteiger partial charge in [-0.1, -0.05) is 24.3 Å². The van der Waals surface area contributed by atoms with Crippen molar-refractivity contribution in [3.8, 4) is 11.5 Å². The summed E-state index contributed by atoms with van der Waals surface area (Å²) in [6.07, 6.45) is -4.33. The molecule has 0 aromatic heterocycles. The number of benzene rings is 2. The van der Waals surface area contributed by atoms with Gasteiger partial charge in [-0.15, -0.1) is 24.0 Å². The molecule has 0 spiro atoms. The monoisotopic (exact) mass is 509 g/mol. The van der Waals surface area contributed by atoms with E-state index in [1.807, 2.05) is 12.1 Å². The summed E-state index contributed by atoms with van der Waals surface area (Å²) in [4.78, 5) is 4.12. The summed E-state index contributed by atoms with van der Waals surface area (Å²) in [5, 5.41) is 6.21. The van der Waals surface area contributed by atoms with Gasteiger partial charge in [-0.25, -0.2) is 0 Å². The lowest BCUT2D eigenvalue weighted by molar-refractivity contribution is -0.137.